The van der Waals surface area contributed by atoms with Gasteiger partial charge in [-0.25, -0.2) is 0 Å². The van der Waals surface area contributed by atoms with E-state index in [9.17, 15) is 4.79 Å². The van der Waals surface area contributed by atoms with Gasteiger partial charge in [-0.15, -0.1) is 0 Å². The molecule has 0 atom stereocenters. The van der Waals surface area contributed by atoms with Crippen molar-refractivity contribution in [3.05, 3.63) is 57.6 Å². The Kier molecular flexibility index (Phi) is 6.76. The lowest BCUT2D eigenvalue weighted by Gasteiger charge is -2.10. The Bertz CT molecular complexity index is 719. The quantitative estimate of drug-likeness (QED) is 0.738. The van der Waals surface area contributed by atoms with E-state index in [1.807, 2.05) is 12.1 Å². The number of amides is 1. The van der Waals surface area contributed by atoms with Crippen LogP contribution in [0.25, 0.3) is 0 Å². The number of ether oxygens (including phenoxy) is 2. The largest absolute Gasteiger partial charge is 0.493 e. The van der Waals surface area contributed by atoms with Crippen molar-refractivity contribution in [2.75, 3.05) is 20.8 Å². The van der Waals surface area contributed by atoms with Gasteiger partial charge in [-0.3, -0.25) is 4.79 Å². The molecule has 0 radical (unpaired) electrons. The molecule has 0 aliphatic carbocycles. The first-order valence-electron chi connectivity index (χ1n) is 7.49. The fraction of sp³-hybridized carbons (Fsp3) is 0.278. The van der Waals surface area contributed by atoms with Gasteiger partial charge in [-0.2, -0.15) is 0 Å². The number of carbonyl (C=O) groups is 1. The molecule has 2 aromatic carbocycles. The van der Waals surface area contributed by atoms with E-state index < -0.39 is 0 Å². The smallest absolute Gasteiger partial charge is 0.251 e. The lowest BCUT2D eigenvalue weighted by atomic mass is 10.1. The molecule has 0 aliphatic rings. The van der Waals surface area contributed by atoms with Crippen LogP contribution in [-0.4, -0.2) is 26.7 Å². The van der Waals surface area contributed by atoms with Crippen molar-refractivity contribution in [3.8, 4) is 11.5 Å². The Morgan fingerprint density at radius 2 is 1.75 bits per heavy atom. The summed E-state index contributed by atoms with van der Waals surface area (Å²) in [6.45, 7) is 0.563. The number of methoxy groups -OCH3 is 2. The van der Waals surface area contributed by atoms with Gasteiger partial charge < -0.3 is 14.8 Å². The van der Waals surface area contributed by atoms with Crippen molar-refractivity contribution in [1.29, 1.82) is 0 Å². The van der Waals surface area contributed by atoms with Crippen molar-refractivity contribution < 1.29 is 14.3 Å². The minimum atomic E-state index is -0.148. The molecule has 0 bridgehead atoms. The summed E-state index contributed by atoms with van der Waals surface area (Å²) >= 11 is 11.9. The minimum Gasteiger partial charge on any atom is -0.493 e. The van der Waals surface area contributed by atoms with Crippen LogP contribution in [-0.2, 0) is 6.42 Å². The molecule has 2 aromatic rings. The average Bonchev–Trinajstić information content (AvgIpc) is 2.60. The van der Waals surface area contributed by atoms with Crippen LogP contribution < -0.4 is 14.8 Å². The van der Waals surface area contributed by atoms with E-state index >= 15 is 0 Å². The van der Waals surface area contributed by atoms with Crippen molar-refractivity contribution in [1.82, 2.24) is 5.32 Å². The number of hydrogen-bond acceptors (Lipinski definition) is 3. The van der Waals surface area contributed by atoms with Gasteiger partial charge in [-0.05, 0) is 48.7 Å². The van der Waals surface area contributed by atoms with Crippen LogP contribution in [0.4, 0.5) is 0 Å². The van der Waals surface area contributed by atoms with Gasteiger partial charge in [-0.1, -0.05) is 29.3 Å². The Morgan fingerprint density at radius 3 is 2.42 bits per heavy atom. The van der Waals surface area contributed by atoms with Gasteiger partial charge in [0.25, 0.3) is 5.91 Å². The van der Waals surface area contributed by atoms with E-state index in [-0.39, 0.29) is 5.91 Å². The molecule has 6 heteroatoms. The summed E-state index contributed by atoms with van der Waals surface area (Å²) in [7, 11) is 3.09. The van der Waals surface area contributed by atoms with Crippen LogP contribution in [0.2, 0.25) is 10.0 Å². The number of aryl methyl sites for hydroxylation is 1. The molecule has 0 aromatic heterocycles. The molecular formula is C18H19Cl2NO3. The van der Waals surface area contributed by atoms with E-state index in [1.165, 1.54) is 7.11 Å². The van der Waals surface area contributed by atoms with Gasteiger partial charge in [0.05, 0.1) is 24.3 Å². The van der Waals surface area contributed by atoms with E-state index in [1.54, 1.807) is 31.4 Å². The third-order valence-corrected chi connectivity index (χ3v) is 4.30. The van der Waals surface area contributed by atoms with Crippen LogP contribution in [0.15, 0.2) is 36.4 Å². The molecule has 128 valence electrons. The normalized spacial score (nSPS) is 10.3. The molecule has 1 amide bonds. The SMILES string of the molecule is COc1ccc(C(=O)NCCCc2ccc(Cl)c(Cl)c2)cc1OC. The summed E-state index contributed by atoms with van der Waals surface area (Å²) in [4.78, 5) is 12.2. The maximum atomic E-state index is 12.2. The highest BCUT2D eigenvalue weighted by Gasteiger charge is 2.10. The fourth-order valence-electron chi connectivity index (χ4n) is 2.27. The second kappa shape index (κ2) is 8.81. The Hall–Kier alpha value is -1.91. The summed E-state index contributed by atoms with van der Waals surface area (Å²) in [5.41, 5.74) is 1.62. The Labute approximate surface area is 151 Å². The molecule has 2 rings (SSSR count). The first-order valence-corrected chi connectivity index (χ1v) is 8.25. The van der Waals surface area contributed by atoms with Gasteiger partial charge in [0.15, 0.2) is 11.5 Å². The number of nitrogens with one attached hydrogen (secondary N) is 1. The lowest BCUT2D eigenvalue weighted by molar-refractivity contribution is 0.0953. The van der Waals surface area contributed by atoms with Crippen LogP contribution in [0.3, 0.4) is 0 Å². The zero-order valence-electron chi connectivity index (χ0n) is 13.6. The highest BCUT2D eigenvalue weighted by atomic mass is 35.5. The maximum Gasteiger partial charge on any atom is 0.251 e. The summed E-state index contributed by atoms with van der Waals surface area (Å²) < 4.78 is 10.4. The average molecular weight is 368 g/mol. The number of rotatable bonds is 7. The van der Waals surface area contributed by atoms with Crippen LogP contribution in [0.1, 0.15) is 22.3 Å². The van der Waals surface area contributed by atoms with Gasteiger partial charge >= 0.3 is 0 Å². The molecule has 4 nitrogen and oxygen atoms in total. The second-order valence-corrected chi connectivity index (χ2v) is 5.99. The zero-order valence-corrected chi connectivity index (χ0v) is 15.1. The third-order valence-electron chi connectivity index (χ3n) is 3.56. The number of halogens is 2. The fourth-order valence-corrected chi connectivity index (χ4v) is 2.59. The number of hydrogen-bond donors (Lipinski definition) is 1. The van der Waals surface area contributed by atoms with Crippen LogP contribution in [0.5, 0.6) is 11.5 Å². The standard InChI is InChI=1S/C18H19Cl2NO3/c1-23-16-8-6-13(11-17(16)24-2)18(22)21-9-3-4-12-5-7-14(19)15(20)10-12/h5-8,10-11H,3-4,9H2,1-2H3,(H,21,22). The van der Waals surface area contributed by atoms with Crippen molar-refractivity contribution in [3.63, 3.8) is 0 Å². The Balaban J connectivity index is 1.85. The van der Waals surface area contributed by atoms with Crippen LogP contribution >= 0.6 is 23.2 Å². The molecular weight excluding hydrogens is 349 g/mol. The maximum absolute atomic E-state index is 12.2. The molecule has 1 N–H and O–H groups in total. The number of carbonyl (C=O) groups excluding carboxylic acids is 1. The molecule has 0 unspecified atom stereocenters. The molecule has 0 aliphatic heterocycles. The van der Waals surface area contributed by atoms with E-state index in [0.717, 1.165) is 18.4 Å². The van der Waals surface area contributed by atoms with Gasteiger partial charge in [0.2, 0.25) is 0 Å². The highest BCUT2D eigenvalue weighted by Crippen LogP contribution is 2.27. The summed E-state index contributed by atoms with van der Waals surface area (Å²) in [6, 6.07) is 10.6. The van der Waals surface area contributed by atoms with Gasteiger partial charge in [0, 0.05) is 12.1 Å². The van der Waals surface area contributed by atoms with E-state index in [4.69, 9.17) is 32.7 Å². The lowest BCUT2D eigenvalue weighted by Crippen LogP contribution is -2.24. The predicted octanol–water partition coefficient (Wildman–Crippen LogP) is 4.37. The number of benzene rings is 2. The summed E-state index contributed by atoms with van der Waals surface area (Å²) in [6.07, 6.45) is 1.61. The van der Waals surface area contributed by atoms with Crippen molar-refractivity contribution in [2.45, 2.75) is 12.8 Å². The van der Waals surface area contributed by atoms with Gasteiger partial charge in [0.1, 0.15) is 0 Å². The first-order chi connectivity index (χ1) is 11.5. The van der Waals surface area contributed by atoms with E-state index in [2.05, 4.69) is 5.32 Å². The molecule has 0 spiro atoms. The summed E-state index contributed by atoms with van der Waals surface area (Å²) in [5, 5.41) is 3.98. The van der Waals surface area contributed by atoms with Crippen LogP contribution in [0, 0.1) is 0 Å². The molecule has 0 saturated carbocycles. The topological polar surface area (TPSA) is 47.6 Å². The molecule has 0 saturated heterocycles. The summed E-state index contributed by atoms with van der Waals surface area (Å²) in [5.74, 6) is 0.972. The molecule has 24 heavy (non-hydrogen) atoms. The molecule has 0 fully saturated rings. The second-order valence-electron chi connectivity index (χ2n) is 5.18. The van der Waals surface area contributed by atoms with Crippen molar-refractivity contribution >= 4 is 29.1 Å². The Morgan fingerprint density at radius 1 is 1.00 bits per heavy atom. The molecule has 0 heterocycles. The zero-order chi connectivity index (χ0) is 17.5. The van der Waals surface area contributed by atoms with Crippen molar-refractivity contribution in [2.24, 2.45) is 0 Å². The monoisotopic (exact) mass is 367 g/mol. The third kappa shape index (κ3) is 4.79. The predicted molar refractivity (Wildman–Crippen MR) is 96.7 cm³/mol. The van der Waals surface area contributed by atoms with E-state index in [0.29, 0.717) is 33.7 Å². The highest BCUT2D eigenvalue weighted by molar-refractivity contribution is 6.42. The first kappa shape index (κ1) is 18.4. The minimum absolute atomic E-state index is 0.148.